The fourth-order valence-electron chi connectivity index (χ4n) is 1.43. The Morgan fingerprint density at radius 2 is 1.74 bits per heavy atom. The molecule has 5 heteroatoms. The molecule has 98 valence electrons. The van der Waals surface area contributed by atoms with E-state index in [4.69, 9.17) is 23.2 Å². The van der Waals surface area contributed by atoms with Crippen molar-refractivity contribution in [2.45, 2.75) is 4.90 Å². The van der Waals surface area contributed by atoms with Gasteiger partial charge in [-0.3, -0.25) is 4.79 Å². The second-order valence-electron chi connectivity index (χ2n) is 3.79. The molecule has 0 N–H and O–H groups in total. The second kappa shape index (κ2) is 6.42. The first-order chi connectivity index (χ1) is 9.06. The highest BCUT2D eigenvalue weighted by Gasteiger charge is 2.09. The summed E-state index contributed by atoms with van der Waals surface area (Å²) < 4.78 is 12.7. The van der Waals surface area contributed by atoms with Crippen molar-refractivity contribution in [3.8, 4) is 0 Å². The van der Waals surface area contributed by atoms with Gasteiger partial charge >= 0.3 is 0 Å². The highest BCUT2D eigenvalue weighted by atomic mass is 35.5. The summed E-state index contributed by atoms with van der Waals surface area (Å²) in [5.41, 5.74) is 0.518. The van der Waals surface area contributed by atoms with E-state index < -0.39 is 0 Å². The molecular formula is C14H9Cl2FOS. The third kappa shape index (κ3) is 3.96. The van der Waals surface area contributed by atoms with E-state index in [0.29, 0.717) is 15.6 Å². The standard InChI is InChI=1S/C14H9Cl2FOS/c15-12-6-1-9(7-13(12)16)14(18)8-19-11-4-2-10(17)3-5-11/h1-7H,8H2. The lowest BCUT2D eigenvalue weighted by Gasteiger charge is -2.03. The molecule has 0 spiro atoms. The summed E-state index contributed by atoms with van der Waals surface area (Å²) >= 11 is 13.0. The molecule has 0 unspecified atom stereocenters. The summed E-state index contributed by atoms with van der Waals surface area (Å²) in [6.07, 6.45) is 0. The van der Waals surface area contributed by atoms with E-state index in [1.807, 2.05) is 0 Å². The van der Waals surface area contributed by atoms with Crippen molar-refractivity contribution < 1.29 is 9.18 Å². The summed E-state index contributed by atoms with van der Waals surface area (Å²) in [5.74, 6) is -0.0723. The fourth-order valence-corrected chi connectivity index (χ4v) is 2.52. The smallest absolute Gasteiger partial charge is 0.173 e. The second-order valence-corrected chi connectivity index (χ2v) is 5.66. The van der Waals surface area contributed by atoms with Crippen molar-refractivity contribution in [1.29, 1.82) is 0 Å². The normalized spacial score (nSPS) is 10.5. The van der Waals surface area contributed by atoms with E-state index in [1.54, 1.807) is 30.3 Å². The Hall–Kier alpha value is -1.03. The van der Waals surface area contributed by atoms with Crippen LogP contribution in [0.1, 0.15) is 10.4 Å². The maximum atomic E-state index is 12.7. The first-order valence-corrected chi connectivity index (χ1v) is 7.17. The van der Waals surface area contributed by atoms with Crippen LogP contribution >= 0.6 is 35.0 Å². The molecule has 0 bridgehead atoms. The van der Waals surface area contributed by atoms with Gasteiger partial charge in [0.2, 0.25) is 0 Å². The molecule has 0 aromatic heterocycles. The van der Waals surface area contributed by atoms with E-state index in [2.05, 4.69) is 0 Å². The summed E-state index contributed by atoms with van der Waals surface area (Å²) in [6, 6.07) is 10.8. The van der Waals surface area contributed by atoms with Gasteiger partial charge < -0.3 is 0 Å². The van der Waals surface area contributed by atoms with Crippen LogP contribution in [-0.4, -0.2) is 11.5 Å². The van der Waals surface area contributed by atoms with Crippen LogP contribution in [0.5, 0.6) is 0 Å². The number of ketones is 1. The lowest BCUT2D eigenvalue weighted by molar-refractivity contribution is 0.102. The first-order valence-electron chi connectivity index (χ1n) is 5.43. The molecule has 2 aromatic carbocycles. The van der Waals surface area contributed by atoms with Crippen molar-refractivity contribution >= 4 is 40.7 Å². The Kier molecular flexibility index (Phi) is 4.86. The molecule has 0 fully saturated rings. The third-order valence-corrected chi connectivity index (χ3v) is 4.18. The number of carbonyl (C=O) groups excluding carboxylic acids is 1. The highest BCUT2D eigenvalue weighted by Crippen LogP contribution is 2.24. The molecule has 0 heterocycles. The molecule has 0 aliphatic heterocycles. The van der Waals surface area contributed by atoms with Gasteiger partial charge in [-0.1, -0.05) is 23.2 Å². The molecule has 19 heavy (non-hydrogen) atoms. The topological polar surface area (TPSA) is 17.1 Å². The van der Waals surface area contributed by atoms with Crippen molar-refractivity contribution in [3.63, 3.8) is 0 Å². The molecule has 0 atom stereocenters. The molecule has 0 saturated heterocycles. The highest BCUT2D eigenvalue weighted by molar-refractivity contribution is 8.00. The van der Waals surface area contributed by atoms with Crippen LogP contribution in [0.2, 0.25) is 10.0 Å². The lowest BCUT2D eigenvalue weighted by Crippen LogP contribution is -2.02. The van der Waals surface area contributed by atoms with Crippen molar-refractivity contribution in [2.75, 3.05) is 5.75 Å². The van der Waals surface area contributed by atoms with Crippen molar-refractivity contribution in [1.82, 2.24) is 0 Å². The Morgan fingerprint density at radius 3 is 2.37 bits per heavy atom. The zero-order valence-electron chi connectivity index (χ0n) is 9.70. The van der Waals surface area contributed by atoms with Crippen LogP contribution in [0, 0.1) is 5.82 Å². The van der Waals surface area contributed by atoms with Crippen LogP contribution in [0.3, 0.4) is 0 Å². The van der Waals surface area contributed by atoms with Crippen LogP contribution in [-0.2, 0) is 0 Å². The van der Waals surface area contributed by atoms with Crippen LogP contribution < -0.4 is 0 Å². The zero-order chi connectivity index (χ0) is 13.8. The average molecular weight is 315 g/mol. The van der Waals surface area contributed by atoms with Gasteiger partial charge in [0.15, 0.2) is 5.78 Å². The summed E-state index contributed by atoms with van der Waals surface area (Å²) in [7, 11) is 0. The minimum absolute atomic E-state index is 0.0482. The molecule has 0 radical (unpaired) electrons. The van der Waals surface area contributed by atoms with Crippen LogP contribution in [0.4, 0.5) is 4.39 Å². The van der Waals surface area contributed by atoms with Gasteiger partial charge in [0.05, 0.1) is 15.8 Å². The predicted molar refractivity (Wildman–Crippen MR) is 77.9 cm³/mol. The molecule has 2 aromatic rings. The Bertz CT molecular complexity index is 599. The SMILES string of the molecule is O=C(CSc1ccc(F)cc1)c1ccc(Cl)c(Cl)c1. The van der Waals surface area contributed by atoms with Gasteiger partial charge in [0.25, 0.3) is 0 Å². The maximum Gasteiger partial charge on any atom is 0.173 e. The maximum absolute atomic E-state index is 12.7. The van der Waals surface area contributed by atoms with Gasteiger partial charge in [-0.05, 0) is 42.5 Å². The van der Waals surface area contributed by atoms with Crippen molar-refractivity contribution in [2.24, 2.45) is 0 Å². The van der Waals surface area contributed by atoms with Crippen LogP contribution in [0.15, 0.2) is 47.4 Å². The van der Waals surface area contributed by atoms with Gasteiger partial charge in [-0.2, -0.15) is 0 Å². The predicted octanol–water partition coefficient (Wildman–Crippen LogP) is 5.11. The number of thioether (sulfide) groups is 1. The van der Waals surface area contributed by atoms with E-state index in [0.717, 1.165) is 4.90 Å². The number of benzene rings is 2. The summed E-state index contributed by atoms with van der Waals surface area (Å²) in [4.78, 5) is 12.8. The Balaban J connectivity index is 2.01. The molecule has 2 rings (SSSR count). The van der Waals surface area contributed by atoms with Gasteiger partial charge in [0.1, 0.15) is 5.82 Å². The Morgan fingerprint density at radius 1 is 1.05 bits per heavy atom. The molecule has 0 aliphatic carbocycles. The number of hydrogen-bond donors (Lipinski definition) is 0. The Labute approximate surface area is 124 Å². The molecule has 0 amide bonds. The van der Waals surface area contributed by atoms with E-state index in [9.17, 15) is 9.18 Å². The number of Topliss-reactive ketones (excluding diaryl/α,β-unsaturated/α-hetero) is 1. The largest absolute Gasteiger partial charge is 0.293 e. The van der Waals surface area contributed by atoms with E-state index in [1.165, 1.54) is 23.9 Å². The minimum atomic E-state index is -0.292. The van der Waals surface area contributed by atoms with Gasteiger partial charge in [0, 0.05) is 10.5 Å². The average Bonchev–Trinajstić information content (AvgIpc) is 2.41. The lowest BCUT2D eigenvalue weighted by atomic mass is 10.1. The number of carbonyl (C=O) groups is 1. The zero-order valence-corrected chi connectivity index (χ0v) is 12.0. The van der Waals surface area contributed by atoms with E-state index in [-0.39, 0.29) is 17.4 Å². The first kappa shape index (κ1) is 14.4. The van der Waals surface area contributed by atoms with E-state index >= 15 is 0 Å². The number of halogens is 3. The molecule has 0 aliphatic rings. The monoisotopic (exact) mass is 314 g/mol. The summed E-state index contributed by atoms with van der Waals surface area (Å²) in [5, 5.41) is 0.781. The molecule has 1 nitrogen and oxygen atoms in total. The molecule has 0 saturated carbocycles. The quantitative estimate of drug-likeness (QED) is 0.576. The van der Waals surface area contributed by atoms with Gasteiger partial charge in [-0.25, -0.2) is 4.39 Å². The van der Waals surface area contributed by atoms with Crippen molar-refractivity contribution in [3.05, 3.63) is 63.9 Å². The van der Waals surface area contributed by atoms with Gasteiger partial charge in [-0.15, -0.1) is 11.8 Å². The molecular weight excluding hydrogens is 306 g/mol. The summed E-state index contributed by atoms with van der Waals surface area (Å²) in [6.45, 7) is 0. The number of hydrogen-bond acceptors (Lipinski definition) is 2. The number of rotatable bonds is 4. The fraction of sp³-hybridized carbons (Fsp3) is 0.0714. The van der Waals surface area contributed by atoms with Crippen LogP contribution in [0.25, 0.3) is 0 Å². The third-order valence-electron chi connectivity index (χ3n) is 2.43. The minimum Gasteiger partial charge on any atom is -0.293 e.